The highest BCUT2D eigenvalue weighted by atomic mass is 16.5. The van der Waals surface area contributed by atoms with Crippen LogP contribution in [-0.2, 0) is 0 Å². The number of nitrogens with one attached hydrogen (secondary N) is 1. The van der Waals surface area contributed by atoms with Gasteiger partial charge in [-0.25, -0.2) is 0 Å². The summed E-state index contributed by atoms with van der Waals surface area (Å²) in [5, 5.41) is 6.79. The van der Waals surface area contributed by atoms with E-state index in [1.54, 1.807) is 36.7 Å². The largest absolute Gasteiger partial charge is 0.339 e. The number of amides is 1. The lowest BCUT2D eigenvalue weighted by atomic mass is 10.1. The van der Waals surface area contributed by atoms with E-state index < -0.39 is 0 Å². The molecule has 1 aliphatic rings. The van der Waals surface area contributed by atoms with Crippen LogP contribution in [-0.4, -0.2) is 21.0 Å². The number of rotatable bonds is 4. The average molecular weight is 306 g/mol. The molecular weight excluding hydrogens is 292 g/mol. The lowest BCUT2D eigenvalue weighted by Gasteiger charge is -2.04. The van der Waals surface area contributed by atoms with Gasteiger partial charge < -0.3 is 9.84 Å². The number of anilines is 1. The summed E-state index contributed by atoms with van der Waals surface area (Å²) in [4.78, 5) is 20.5. The van der Waals surface area contributed by atoms with Crippen LogP contribution in [0.5, 0.6) is 0 Å². The molecule has 1 saturated carbocycles. The Morgan fingerprint density at radius 1 is 1.17 bits per heavy atom. The van der Waals surface area contributed by atoms with Crippen LogP contribution in [0.25, 0.3) is 11.4 Å². The summed E-state index contributed by atoms with van der Waals surface area (Å²) in [5.74, 6) is 1.52. The molecule has 0 radical (unpaired) electrons. The minimum Gasteiger partial charge on any atom is -0.339 e. The molecule has 6 heteroatoms. The van der Waals surface area contributed by atoms with Crippen LogP contribution in [0.4, 0.5) is 5.69 Å². The van der Waals surface area contributed by atoms with Crippen molar-refractivity contribution in [1.82, 2.24) is 15.1 Å². The second-order valence-corrected chi connectivity index (χ2v) is 5.50. The van der Waals surface area contributed by atoms with E-state index in [2.05, 4.69) is 20.4 Å². The van der Waals surface area contributed by atoms with E-state index in [-0.39, 0.29) is 5.91 Å². The molecule has 0 saturated heterocycles. The molecule has 0 spiro atoms. The smallest absolute Gasteiger partial charge is 0.255 e. The first-order valence-electron chi connectivity index (χ1n) is 7.45. The first-order chi connectivity index (χ1) is 11.3. The zero-order chi connectivity index (χ0) is 15.6. The molecule has 1 N–H and O–H groups in total. The molecule has 3 aromatic rings. The second-order valence-electron chi connectivity index (χ2n) is 5.50. The standard InChI is InChI=1S/C17H14N4O2/c22-16(19-14-2-1-9-18-10-14)12-5-3-11(4-6-12)15-20-17(23-21-15)13-7-8-13/h1-6,9-10,13H,7-8H2,(H,19,22). The second kappa shape index (κ2) is 5.64. The number of benzene rings is 1. The van der Waals surface area contributed by atoms with Crippen molar-refractivity contribution in [3.8, 4) is 11.4 Å². The zero-order valence-corrected chi connectivity index (χ0v) is 12.3. The summed E-state index contributed by atoms with van der Waals surface area (Å²) in [5.41, 5.74) is 2.05. The van der Waals surface area contributed by atoms with Gasteiger partial charge in [-0.15, -0.1) is 0 Å². The Morgan fingerprint density at radius 2 is 2.00 bits per heavy atom. The predicted molar refractivity (Wildman–Crippen MR) is 83.9 cm³/mol. The summed E-state index contributed by atoms with van der Waals surface area (Å²) in [7, 11) is 0. The molecule has 114 valence electrons. The Balaban J connectivity index is 1.49. The van der Waals surface area contributed by atoms with E-state index in [1.807, 2.05) is 12.1 Å². The Morgan fingerprint density at radius 3 is 2.70 bits per heavy atom. The van der Waals surface area contributed by atoms with E-state index in [1.165, 1.54) is 0 Å². The molecule has 0 aliphatic heterocycles. The molecule has 4 rings (SSSR count). The molecule has 1 aliphatic carbocycles. The van der Waals surface area contributed by atoms with E-state index in [0.29, 0.717) is 28.9 Å². The van der Waals surface area contributed by atoms with Crippen molar-refractivity contribution in [2.24, 2.45) is 0 Å². The summed E-state index contributed by atoms with van der Waals surface area (Å²) in [6.45, 7) is 0. The van der Waals surface area contributed by atoms with Crippen molar-refractivity contribution in [2.75, 3.05) is 5.32 Å². The average Bonchev–Trinajstić information content (AvgIpc) is 3.33. The fraction of sp³-hybridized carbons (Fsp3) is 0.176. The maximum absolute atomic E-state index is 12.2. The van der Waals surface area contributed by atoms with Crippen LogP contribution < -0.4 is 5.32 Å². The van der Waals surface area contributed by atoms with Crippen LogP contribution in [0, 0.1) is 0 Å². The molecular formula is C17H14N4O2. The number of nitrogens with zero attached hydrogens (tertiary/aromatic N) is 3. The van der Waals surface area contributed by atoms with Gasteiger partial charge in [-0.2, -0.15) is 4.98 Å². The fourth-order valence-corrected chi connectivity index (χ4v) is 2.26. The van der Waals surface area contributed by atoms with Crippen molar-refractivity contribution < 1.29 is 9.32 Å². The molecule has 1 amide bonds. The van der Waals surface area contributed by atoms with Crippen molar-refractivity contribution in [3.63, 3.8) is 0 Å². The van der Waals surface area contributed by atoms with E-state index in [9.17, 15) is 4.79 Å². The van der Waals surface area contributed by atoms with Gasteiger partial charge >= 0.3 is 0 Å². The number of hydrogen-bond donors (Lipinski definition) is 1. The first kappa shape index (κ1) is 13.6. The number of carbonyl (C=O) groups is 1. The molecule has 6 nitrogen and oxygen atoms in total. The van der Waals surface area contributed by atoms with Crippen LogP contribution >= 0.6 is 0 Å². The Kier molecular flexibility index (Phi) is 3.34. The number of hydrogen-bond acceptors (Lipinski definition) is 5. The summed E-state index contributed by atoms with van der Waals surface area (Å²) < 4.78 is 5.25. The first-order valence-corrected chi connectivity index (χ1v) is 7.45. The molecule has 1 fully saturated rings. The molecule has 0 atom stereocenters. The molecule has 0 unspecified atom stereocenters. The van der Waals surface area contributed by atoms with Gasteiger partial charge in [0.1, 0.15) is 0 Å². The van der Waals surface area contributed by atoms with Crippen LogP contribution in [0.3, 0.4) is 0 Å². The normalized spacial score (nSPS) is 13.7. The Hall–Kier alpha value is -3.02. The van der Waals surface area contributed by atoms with Gasteiger partial charge in [-0.3, -0.25) is 9.78 Å². The highest BCUT2D eigenvalue weighted by Crippen LogP contribution is 2.39. The van der Waals surface area contributed by atoms with E-state index in [4.69, 9.17) is 4.52 Å². The van der Waals surface area contributed by atoms with Gasteiger partial charge in [-0.05, 0) is 37.1 Å². The van der Waals surface area contributed by atoms with Crippen molar-refractivity contribution in [3.05, 3.63) is 60.2 Å². The summed E-state index contributed by atoms with van der Waals surface area (Å²) in [6.07, 6.45) is 5.50. The van der Waals surface area contributed by atoms with E-state index >= 15 is 0 Å². The van der Waals surface area contributed by atoms with Gasteiger partial charge in [0.2, 0.25) is 11.7 Å². The maximum Gasteiger partial charge on any atom is 0.255 e. The lowest BCUT2D eigenvalue weighted by Crippen LogP contribution is -2.11. The monoisotopic (exact) mass is 306 g/mol. The highest BCUT2D eigenvalue weighted by Gasteiger charge is 2.29. The maximum atomic E-state index is 12.2. The lowest BCUT2D eigenvalue weighted by molar-refractivity contribution is 0.102. The number of carbonyl (C=O) groups excluding carboxylic acids is 1. The molecule has 1 aromatic carbocycles. The zero-order valence-electron chi connectivity index (χ0n) is 12.3. The number of pyridine rings is 1. The molecule has 23 heavy (non-hydrogen) atoms. The third kappa shape index (κ3) is 2.96. The van der Waals surface area contributed by atoms with Gasteiger partial charge in [-0.1, -0.05) is 17.3 Å². The third-order valence-corrected chi connectivity index (χ3v) is 3.69. The molecule has 2 heterocycles. The van der Waals surface area contributed by atoms with Crippen LogP contribution in [0.2, 0.25) is 0 Å². The van der Waals surface area contributed by atoms with Crippen LogP contribution in [0.15, 0.2) is 53.3 Å². The molecule has 2 aromatic heterocycles. The quantitative estimate of drug-likeness (QED) is 0.800. The highest BCUT2D eigenvalue weighted by molar-refractivity contribution is 6.04. The third-order valence-electron chi connectivity index (χ3n) is 3.69. The Labute approximate surface area is 132 Å². The minimum absolute atomic E-state index is 0.184. The SMILES string of the molecule is O=C(Nc1cccnc1)c1ccc(-c2noc(C3CC3)n2)cc1. The topological polar surface area (TPSA) is 80.9 Å². The minimum atomic E-state index is -0.184. The van der Waals surface area contributed by atoms with Gasteiger partial charge in [0.15, 0.2) is 0 Å². The van der Waals surface area contributed by atoms with Gasteiger partial charge in [0.05, 0.1) is 11.9 Å². The number of aromatic nitrogens is 3. The fourth-order valence-electron chi connectivity index (χ4n) is 2.26. The predicted octanol–water partition coefficient (Wildman–Crippen LogP) is 3.26. The summed E-state index contributed by atoms with van der Waals surface area (Å²) in [6, 6.07) is 10.7. The van der Waals surface area contributed by atoms with Gasteiger partial charge in [0, 0.05) is 23.2 Å². The molecule has 0 bridgehead atoms. The van der Waals surface area contributed by atoms with Crippen molar-refractivity contribution in [2.45, 2.75) is 18.8 Å². The van der Waals surface area contributed by atoms with Crippen LogP contribution in [0.1, 0.15) is 35.0 Å². The van der Waals surface area contributed by atoms with Crippen molar-refractivity contribution in [1.29, 1.82) is 0 Å². The van der Waals surface area contributed by atoms with E-state index in [0.717, 1.165) is 18.4 Å². The summed E-state index contributed by atoms with van der Waals surface area (Å²) >= 11 is 0. The van der Waals surface area contributed by atoms with Crippen molar-refractivity contribution >= 4 is 11.6 Å². The van der Waals surface area contributed by atoms with Gasteiger partial charge in [0.25, 0.3) is 5.91 Å². The Bertz CT molecular complexity index is 823.